The van der Waals surface area contributed by atoms with Crippen LogP contribution in [0.5, 0.6) is 0 Å². The molecule has 0 spiro atoms. The van der Waals surface area contributed by atoms with Crippen molar-refractivity contribution in [1.82, 2.24) is 4.98 Å². The summed E-state index contributed by atoms with van der Waals surface area (Å²) >= 11 is 1.81. The van der Waals surface area contributed by atoms with Crippen molar-refractivity contribution in [3.63, 3.8) is 0 Å². The lowest BCUT2D eigenvalue weighted by Crippen LogP contribution is -2.49. The third kappa shape index (κ3) is 3.03. The van der Waals surface area contributed by atoms with Gasteiger partial charge in [-0.25, -0.2) is 4.98 Å². The van der Waals surface area contributed by atoms with Crippen LogP contribution in [0, 0.1) is 17.8 Å². The van der Waals surface area contributed by atoms with E-state index in [1.807, 2.05) is 11.3 Å². The molecule has 3 heteroatoms. The fourth-order valence-corrected chi connectivity index (χ4v) is 5.41. The number of nitrogens with two attached hydrogens (primary N) is 1. The SMILES string of the molecule is CCc1nc(C2(N)CC(C)(C)CC(C)(C)C2)sc1C. The van der Waals surface area contributed by atoms with E-state index in [2.05, 4.69) is 41.5 Å². The summed E-state index contributed by atoms with van der Waals surface area (Å²) in [5.41, 5.74) is 8.39. The number of hydrogen-bond acceptors (Lipinski definition) is 3. The van der Waals surface area contributed by atoms with Crippen molar-refractivity contribution >= 4 is 11.3 Å². The Morgan fingerprint density at radius 1 is 1.11 bits per heavy atom. The topological polar surface area (TPSA) is 38.9 Å². The predicted molar refractivity (Wildman–Crippen MR) is 83.5 cm³/mol. The number of thiazole rings is 1. The van der Waals surface area contributed by atoms with Crippen molar-refractivity contribution in [3.8, 4) is 0 Å². The zero-order valence-corrected chi connectivity index (χ0v) is 14.1. The Kier molecular flexibility index (Phi) is 3.60. The molecule has 0 unspecified atom stereocenters. The van der Waals surface area contributed by atoms with Gasteiger partial charge < -0.3 is 5.73 Å². The molecule has 19 heavy (non-hydrogen) atoms. The highest BCUT2D eigenvalue weighted by Crippen LogP contribution is 2.53. The van der Waals surface area contributed by atoms with E-state index in [1.165, 1.54) is 17.0 Å². The summed E-state index contributed by atoms with van der Waals surface area (Å²) in [5.74, 6) is 0. The number of hydrogen-bond donors (Lipinski definition) is 1. The molecule has 0 radical (unpaired) electrons. The van der Waals surface area contributed by atoms with Crippen LogP contribution in [-0.2, 0) is 12.0 Å². The Balaban J connectivity index is 2.40. The molecule has 2 N–H and O–H groups in total. The average Bonchev–Trinajstić information content (AvgIpc) is 2.54. The number of rotatable bonds is 2. The molecule has 0 bridgehead atoms. The molecule has 2 rings (SSSR count). The van der Waals surface area contributed by atoms with E-state index in [4.69, 9.17) is 10.7 Å². The van der Waals surface area contributed by atoms with Crippen molar-refractivity contribution < 1.29 is 0 Å². The molecule has 1 aromatic heterocycles. The standard InChI is InChI=1S/C16H28N2S/c1-7-12-11(2)19-13(18-12)16(17)9-14(3,4)8-15(5,6)10-16/h7-10,17H2,1-6H3. The van der Waals surface area contributed by atoms with E-state index >= 15 is 0 Å². The number of aryl methyl sites for hydroxylation is 2. The third-order valence-electron chi connectivity index (χ3n) is 4.20. The summed E-state index contributed by atoms with van der Waals surface area (Å²) in [4.78, 5) is 6.18. The van der Waals surface area contributed by atoms with Crippen LogP contribution < -0.4 is 5.73 Å². The van der Waals surface area contributed by atoms with Crippen molar-refractivity contribution in [2.24, 2.45) is 16.6 Å². The van der Waals surface area contributed by atoms with Crippen LogP contribution in [0.2, 0.25) is 0 Å². The van der Waals surface area contributed by atoms with Crippen LogP contribution in [0.15, 0.2) is 0 Å². The molecule has 0 aliphatic heterocycles. The largest absolute Gasteiger partial charge is 0.319 e. The van der Waals surface area contributed by atoms with Gasteiger partial charge in [-0.05, 0) is 43.4 Å². The van der Waals surface area contributed by atoms with Gasteiger partial charge in [0, 0.05) is 4.88 Å². The number of aromatic nitrogens is 1. The van der Waals surface area contributed by atoms with E-state index in [-0.39, 0.29) is 5.54 Å². The van der Waals surface area contributed by atoms with Crippen molar-refractivity contribution in [2.45, 2.75) is 72.8 Å². The first-order valence-corrected chi connectivity index (χ1v) is 8.14. The van der Waals surface area contributed by atoms with Crippen LogP contribution in [0.1, 0.15) is 69.5 Å². The Morgan fingerprint density at radius 2 is 1.63 bits per heavy atom. The van der Waals surface area contributed by atoms with E-state index in [1.54, 1.807) is 0 Å². The molecule has 0 aromatic carbocycles. The first kappa shape index (κ1) is 15.0. The lowest BCUT2D eigenvalue weighted by molar-refractivity contribution is 0.0469. The fourth-order valence-electron chi connectivity index (χ4n) is 4.31. The summed E-state index contributed by atoms with van der Waals surface area (Å²) in [6.07, 6.45) is 4.33. The first-order valence-electron chi connectivity index (χ1n) is 7.33. The summed E-state index contributed by atoms with van der Waals surface area (Å²) in [6, 6.07) is 0. The Hall–Kier alpha value is -0.410. The zero-order valence-electron chi connectivity index (χ0n) is 13.3. The van der Waals surface area contributed by atoms with Gasteiger partial charge in [0.1, 0.15) is 5.01 Å². The van der Waals surface area contributed by atoms with Crippen LogP contribution >= 0.6 is 11.3 Å². The monoisotopic (exact) mass is 280 g/mol. The minimum atomic E-state index is -0.242. The quantitative estimate of drug-likeness (QED) is 0.872. The lowest BCUT2D eigenvalue weighted by atomic mass is 9.59. The van der Waals surface area contributed by atoms with Gasteiger partial charge in [0.05, 0.1) is 11.2 Å². The smallest absolute Gasteiger partial charge is 0.113 e. The molecule has 1 aliphatic carbocycles. The maximum absolute atomic E-state index is 6.82. The van der Waals surface area contributed by atoms with Gasteiger partial charge in [0.15, 0.2) is 0 Å². The van der Waals surface area contributed by atoms with Crippen molar-refractivity contribution in [3.05, 3.63) is 15.6 Å². The molecule has 1 aliphatic rings. The maximum atomic E-state index is 6.82. The molecule has 2 nitrogen and oxygen atoms in total. The minimum Gasteiger partial charge on any atom is -0.319 e. The van der Waals surface area contributed by atoms with E-state index in [0.29, 0.717) is 10.8 Å². The molecule has 0 saturated heterocycles. The third-order valence-corrected chi connectivity index (χ3v) is 5.43. The van der Waals surface area contributed by atoms with Crippen LogP contribution in [0.4, 0.5) is 0 Å². The van der Waals surface area contributed by atoms with E-state index in [9.17, 15) is 0 Å². The highest BCUT2D eigenvalue weighted by Gasteiger charge is 2.47. The second-order valence-corrected chi connectivity index (χ2v) is 9.09. The lowest BCUT2D eigenvalue weighted by Gasteiger charge is -2.49. The molecule has 1 fully saturated rings. The Bertz CT molecular complexity index is 455. The van der Waals surface area contributed by atoms with E-state index in [0.717, 1.165) is 24.3 Å². The van der Waals surface area contributed by atoms with Crippen molar-refractivity contribution in [2.75, 3.05) is 0 Å². The highest BCUT2D eigenvalue weighted by molar-refractivity contribution is 7.11. The van der Waals surface area contributed by atoms with Gasteiger partial charge in [-0.15, -0.1) is 11.3 Å². The average molecular weight is 280 g/mol. The predicted octanol–water partition coefficient (Wildman–Crippen LogP) is 4.40. The Labute approximate surface area is 121 Å². The highest BCUT2D eigenvalue weighted by atomic mass is 32.1. The van der Waals surface area contributed by atoms with Gasteiger partial charge >= 0.3 is 0 Å². The zero-order chi connectivity index (χ0) is 14.5. The first-order chi connectivity index (χ1) is 8.57. The minimum absolute atomic E-state index is 0.242. The van der Waals surface area contributed by atoms with Gasteiger partial charge in [-0.2, -0.15) is 0 Å². The van der Waals surface area contributed by atoms with Crippen LogP contribution in [0.3, 0.4) is 0 Å². The van der Waals surface area contributed by atoms with Crippen LogP contribution in [0.25, 0.3) is 0 Å². The van der Waals surface area contributed by atoms with Gasteiger partial charge in [-0.1, -0.05) is 34.6 Å². The van der Waals surface area contributed by atoms with Crippen LogP contribution in [-0.4, -0.2) is 4.98 Å². The summed E-state index contributed by atoms with van der Waals surface area (Å²) in [7, 11) is 0. The van der Waals surface area contributed by atoms with E-state index < -0.39 is 0 Å². The molecule has 1 heterocycles. The van der Waals surface area contributed by atoms with Gasteiger partial charge in [-0.3, -0.25) is 0 Å². The van der Waals surface area contributed by atoms with Crippen molar-refractivity contribution in [1.29, 1.82) is 0 Å². The molecule has 0 atom stereocenters. The Morgan fingerprint density at radius 3 is 2.05 bits per heavy atom. The van der Waals surface area contributed by atoms with Gasteiger partial charge in [0.2, 0.25) is 0 Å². The maximum Gasteiger partial charge on any atom is 0.113 e. The summed E-state index contributed by atoms with van der Waals surface area (Å²) in [5, 5.41) is 1.16. The molecule has 1 saturated carbocycles. The molecule has 0 amide bonds. The summed E-state index contributed by atoms with van der Waals surface area (Å²) < 4.78 is 0. The second-order valence-electron chi connectivity index (χ2n) is 7.89. The molecule has 1 aromatic rings. The normalized spacial score (nSPS) is 24.4. The number of nitrogens with zero attached hydrogens (tertiary/aromatic N) is 1. The summed E-state index contributed by atoms with van der Waals surface area (Å²) in [6.45, 7) is 13.7. The molecule has 108 valence electrons. The molecular formula is C16H28N2S. The molecular weight excluding hydrogens is 252 g/mol. The fraction of sp³-hybridized carbons (Fsp3) is 0.812. The second kappa shape index (κ2) is 4.56. The van der Waals surface area contributed by atoms with Gasteiger partial charge in [0.25, 0.3) is 0 Å².